The van der Waals surface area contributed by atoms with E-state index in [0.29, 0.717) is 49.2 Å². The SMILES string of the molecule is O=Cc1cnc(NC(=O)C(=NOC2CCOC2)c2ccc(S(=O)(=O)C3CC3)cc2)s1. The van der Waals surface area contributed by atoms with Gasteiger partial charge in [-0.1, -0.05) is 28.6 Å². The van der Waals surface area contributed by atoms with Gasteiger partial charge in [0.05, 0.1) is 34.4 Å². The molecular weight excluding hydrogens is 430 g/mol. The van der Waals surface area contributed by atoms with Gasteiger partial charge in [0.2, 0.25) is 0 Å². The third-order valence-corrected chi connectivity index (χ3v) is 7.79. The van der Waals surface area contributed by atoms with Crippen molar-refractivity contribution in [3.05, 3.63) is 40.9 Å². The van der Waals surface area contributed by atoms with Crippen molar-refractivity contribution in [2.75, 3.05) is 18.5 Å². The summed E-state index contributed by atoms with van der Waals surface area (Å²) in [5.41, 5.74) is 0.369. The molecule has 0 spiro atoms. The molecule has 0 radical (unpaired) electrons. The maximum absolute atomic E-state index is 12.8. The first-order valence-electron chi connectivity index (χ1n) is 9.35. The lowest BCUT2D eigenvalue weighted by molar-refractivity contribution is -0.110. The van der Waals surface area contributed by atoms with Crippen molar-refractivity contribution in [3.63, 3.8) is 0 Å². The molecule has 2 aromatic rings. The van der Waals surface area contributed by atoms with E-state index in [2.05, 4.69) is 15.5 Å². The zero-order valence-electron chi connectivity index (χ0n) is 15.8. The van der Waals surface area contributed by atoms with Gasteiger partial charge < -0.3 is 9.57 Å². The van der Waals surface area contributed by atoms with E-state index >= 15 is 0 Å². The topological polar surface area (TPSA) is 124 Å². The summed E-state index contributed by atoms with van der Waals surface area (Å²) in [5.74, 6) is -0.585. The Kier molecular flexibility index (Phi) is 5.93. The molecule has 4 rings (SSSR count). The van der Waals surface area contributed by atoms with Crippen molar-refractivity contribution in [2.45, 2.75) is 35.5 Å². The van der Waals surface area contributed by atoms with Gasteiger partial charge in [-0.3, -0.25) is 14.9 Å². The molecule has 30 heavy (non-hydrogen) atoms. The van der Waals surface area contributed by atoms with Crippen LogP contribution >= 0.6 is 11.3 Å². The summed E-state index contributed by atoms with van der Waals surface area (Å²) in [6, 6.07) is 6.00. The van der Waals surface area contributed by atoms with Gasteiger partial charge in [0.1, 0.15) is 0 Å². The number of hydrogen-bond acceptors (Lipinski definition) is 9. The Hall–Kier alpha value is -2.63. The van der Waals surface area contributed by atoms with E-state index in [-0.39, 0.29) is 27.1 Å². The number of amides is 1. The largest absolute Gasteiger partial charge is 0.389 e. The predicted octanol–water partition coefficient (Wildman–Crippen LogP) is 2.04. The van der Waals surface area contributed by atoms with Gasteiger partial charge in [0.25, 0.3) is 5.91 Å². The van der Waals surface area contributed by atoms with Gasteiger partial charge in [0.15, 0.2) is 33.1 Å². The lowest BCUT2D eigenvalue weighted by Gasteiger charge is -2.10. The number of rotatable bonds is 8. The van der Waals surface area contributed by atoms with Crippen LogP contribution in [0, 0.1) is 0 Å². The summed E-state index contributed by atoms with van der Waals surface area (Å²) in [7, 11) is -3.33. The lowest BCUT2D eigenvalue weighted by atomic mass is 10.1. The molecule has 0 bridgehead atoms. The number of aldehydes is 1. The highest BCUT2D eigenvalue weighted by atomic mass is 32.2. The highest BCUT2D eigenvalue weighted by Crippen LogP contribution is 2.33. The average Bonchev–Trinajstić information content (AvgIpc) is 3.31. The molecule has 2 aliphatic rings. The van der Waals surface area contributed by atoms with E-state index in [1.54, 1.807) is 0 Å². The fraction of sp³-hybridized carbons (Fsp3) is 0.368. The van der Waals surface area contributed by atoms with Crippen molar-refractivity contribution in [2.24, 2.45) is 5.16 Å². The van der Waals surface area contributed by atoms with E-state index in [9.17, 15) is 18.0 Å². The van der Waals surface area contributed by atoms with Crippen LogP contribution in [0.15, 0.2) is 40.5 Å². The van der Waals surface area contributed by atoms with Gasteiger partial charge in [-0.25, -0.2) is 13.4 Å². The number of sulfone groups is 1. The Morgan fingerprint density at radius 3 is 2.63 bits per heavy atom. The summed E-state index contributed by atoms with van der Waals surface area (Å²) in [6.45, 7) is 0.940. The Labute approximate surface area is 177 Å². The standard InChI is InChI=1S/C19H19N3O6S2/c23-10-14-9-20-19(29-14)21-18(24)17(22-28-13-7-8-27-11-13)12-1-3-15(4-2-12)30(25,26)16-5-6-16/h1-4,9-10,13,16H,5-8,11H2,(H,20,21,24). The molecule has 1 atom stereocenters. The van der Waals surface area contributed by atoms with Crippen LogP contribution < -0.4 is 5.32 Å². The molecule has 2 heterocycles. The van der Waals surface area contributed by atoms with Crippen LogP contribution in [-0.4, -0.2) is 55.9 Å². The number of carbonyl (C=O) groups excluding carboxylic acids is 2. The molecule has 158 valence electrons. The molecular formula is C19H19N3O6S2. The van der Waals surface area contributed by atoms with Gasteiger partial charge >= 0.3 is 0 Å². The molecule has 2 fully saturated rings. The molecule has 1 saturated carbocycles. The molecule has 1 amide bonds. The van der Waals surface area contributed by atoms with Gasteiger partial charge in [-0.15, -0.1) is 0 Å². The summed E-state index contributed by atoms with van der Waals surface area (Å²) in [6.07, 6.45) is 3.74. The Balaban J connectivity index is 1.58. The summed E-state index contributed by atoms with van der Waals surface area (Å²) in [4.78, 5) is 33.7. The fourth-order valence-corrected chi connectivity index (χ4v) is 5.16. The number of ether oxygens (including phenoxy) is 1. The number of oxime groups is 1. The van der Waals surface area contributed by atoms with E-state index < -0.39 is 15.7 Å². The molecule has 1 aromatic heterocycles. The van der Waals surface area contributed by atoms with Crippen molar-refractivity contribution >= 4 is 44.2 Å². The highest BCUT2D eigenvalue weighted by Gasteiger charge is 2.36. The Morgan fingerprint density at radius 2 is 2.03 bits per heavy atom. The van der Waals surface area contributed by atoms with Crippen LogP contribution in [0.2, 0.25) is 0 Å². The van der Waals surface area contributed by atoms with Crippen molar-refractivity contribution in [3.8, 4) is 0 Å². The normalized spacial score (nSPS) is 19.5. The second kappa shape index (κ2) is 8.62. The predicted molar refractivity (Wildman–Crippen MR) is 110 cm³/mol. The van der Waals surface area contributed by atoms with Gasteiger partial charge in [-0.2, -0.15) is 0 Å². The number of nitrogens with one attached hydrogen (secondary N) is 1. The van der Waals surface area contributed by atoms with Crippen molar-refractivity contribution in [1.82, 2.24) is 4.98 Å². The van der Waals surface area contributed by atoms with E-state index in [1.807, 2.05) is 0 Å². The van der Waals surface area contributed by atoms with E-state index in [0.717, 1.165) is 11.3 Å². The maximum Gasteiger partial charge on any atom is 0.280 e. The lowest BCUT2D eigenvalue weighted by Crippen LogP contribution is -2.25. The Bertz CT molecular complexity index is 1070. The number of nitrogens with zero attached hydrogens (tertiary/aromatic N) is 2. The zero-order chi connectivity index (χ0) is 21.1. The minimum Gasteiger partial charge on any atom is -0.389 e. The number of anilines is 1. The first-order valence-corrected chi connectivity index (χ1v) is 11.7. The third-order valence-electron chi connectivity index (χ3n) is 4.68. The van der Waals surface area contributed by atoms with Gasteiger partial charge in [0, 0.05) is 12.0 Å². The monoisotopic (exact) mass is 449 g/mol. The summed E-state index contributed by atoms with van der Waals surface area (Å²) in [5, 5.41) is 6.54. The molecule has 1 aromatic carbocycles. The maximum atomic E-state index is 12.8. The highest BCUT2D eigenvalue weighted by molar-refractivity contribution is 7.92. The van der Waals surface area contributed by atoms with Crippen molar-refractivity contribution < 1.29 is 27.6 Å². The van der Waals surface area contributed by atoms with E-state index in [4.69, 9.17) is 9.57 Å². The minimum absolute atomic E-state index is 0.0277. The van der Waals surface area contributed by atoms with Gasteiger partial charge in [-0.05, 0) is 25.0 Å². The van der Waals surface area contributed by atoms with Crippen LogP contribution in [0.3, 0.4) is 0 Å². The molecule has 1 saturated heterocycles. The first kappa shape index (κ1) is 20.6. The average molecular weight is 450 g/mol. The third kappa shape index (κ3) is 4.58. The smallest absolute Gasteiger partial charge is 0.280 e. The molecule has 1 N–H and O–H groups in total. The van der Waals surface area contributed by atoms with Crippen molar-refractivity contribution in [1.29, 1.82) is 0 Å². The van der Waals surface area contributed by atoms with Crippen LogP contribution in [-0.2, 0) is 24.2 Å². The summed E-state index contributed by atoms with van der Waals surface area (Å²) >= 11 is 1.03. The van der Waals surface area contributed by atoms with Crippen LogP contribution in [0.25, 0.3) is 0 Å². The number of carbonyl (C=O) groups is 2. The minimum atomic E-state index is -3.33. The number of benzene rings is 1. The molecule has 11 heteroatoms. The molecule has 1 unspecified atom stereocenters. The quantitative estimate of drug-likeness (QED) is 0.371. The second-order valence-electron chi connectivity index (χ2n) is 6.94. The second-order valence-corrected chi connectivity index (χ2v) is 10.2. The molecule has 9 nitrogen and oxygen atoms in total. The fourth-order valence-electron chi connectivity index (χ4n) is 2.88. The first-order chi connectivity index (χ1) is 14.5. The van der Waals surface area contributed by atoms with Crippen LogP contribution in [0.4, 0.5) is 5.13 Å². The van der Waals surface area contributed by atoms with Crippen LogP contribution in [0.5, 0.6) is 0 Å². The zero-order valence-corrected chi connectivity index (χ0v) is 17.4. The van der Waals surface area contributed by atoms with Crippen LogP contribution in [0.1, 0.15) is 34.5 Å². The van der Waals surface area contributed by atoms with E-state index in [1.165, 1.54) is 30.5 Å². The number of hydrogen-bond donors (Lipinski definition) is 1. The Morgan fingerprint density at radius 1 is 1.27 bits per heavy atom. The summed E-state index contributed by atoms with van der Waals surface area (Å²) < 4.78 is 30.0. The number of thiazole rings is 1. The molecule has 1 aliphatic heterocycles. The molecule has 1 aliphatic carbocycles. The number of aromatic nitrogens is 1.